The first-order chi connectivity index (χ1) is 17.8. The number of carbonyl (C=O) groups excluding carboxylic acids is 1. The number of rotatable bonds is 7. The fraction of sp³-hybridized carbons (Fsp3) is 0.231. The number of carbonyl (C=O) groups is 1. The number of likely N-dealkylation sites (N-methyl/N-ethyl adjacent to an activating group) is 1. The van der Waals surface area contributed by atoms with E-state index in [9.17, 15) is 22.6 Å². The van der Waals surface area contributed by atoms with Gasteiger partial charge in [-0.1, -0.05) is 22.0 Å². The number of benzene rings is 2. The van der Waals surface area contributed by atoms with Crippen molar-refractivity contribution in [3.05, 3.63) is 74.7 Å². The van der Waals surface area contributed by atoms with Crippen molar-refractivity contribution >= 4 is 70.4 Å². The summed E-state index contributed by atoms with van der Waals surface area (Å²) in [6.07, 6.45) is 5.31. The van der Waals surface area contributed by atoms with Gasteiger partial charge in [0.25, 0.3) is 10.1 Å². The number of H-pyrrole nitrogens is 3. The number of aromatic amines is 3. The van der Waals surface area contributed by atoms with Crippen molar-refractivity contribution in [1.82, 2.24) is 15.0 Å². The lowest BCUT2D eigenvalue weighted by atomic mass is 9.85. The van der Waals surface area contributed by atoms with E-state index in [4.69, 9.17) is 0 Å². The van der Waals surface area contributed by atoms with E-state index < -0.39 is 27.2 Å². The molecule has 0 fully saturated rings. The Morgan fingerprint density at radius 3 is 2.50 bits per heavy atom. The first kappa shape index (κ1) is 26.2. The molecule has 0 bridgehead atoms. The second-order valence-corrected chi connectivity index (χ2v) is 12.8. The summed E-state index contributed by atoms with van der Waals surface area (Å²) in [4.78, 5) is 36.4. The van der Waals surface area contributed by atoms with Crippen molar-refractivity contribution in [2.24, 2.45) is 0 Å². The summed E-state index contributed by atoms with van der Waals surface area (Å²) >= 11 is 3.51. The van der Waals surface area contributed by atoms with Crippen LogP contribution in [-0.4, -0.2) is 71.8 Å². The number of aromatic nitrogens is 3. The number of fused-ring (bicyclic) bond motifs is 1. The molecule has 198 valence electrons. The molecule has 1 atom stereocenters. The maximum Gasteiger partial charge on any atom is 0.274 e. The van der Waals surface area contributed by atoms with Crippen LogP contribution < -0.4 is 10.7 Å². The van der Waals surface area contributed by atoms with Gasteiger partial charge in [-0.05, 0) is 35.2 Å². The number of pyridine rings is 2. The molecule has 0 aliphatic carbocycles. The summed E-state index contributed by atoms with van der Waals surface area (Å²) in [5.41, 5.74) is 2.91. The second kappa shape index (κ2) is 9.38. The summed E-state index contributed by atoms with van der Waals surface area (Å²) in [6.45, 7) is 0.558. The van der Waals surface area contributed by atoms with Gasteiger partial charge in [0.05, 0.1) is 39.1 Å². The fourth-order valence-corrected chi connectivity index (χ4v) is 5.86. The highest BCUT2D eigenvalue weighted by atomic mass is 79.9. The molecule has 5 aromatic rings. The molecule has 0 aliphatic rings. The molecule has 0 spiro atoms. The molecule has 10 nitrogen and oxygen atoms in total. The van der Waals surface area contributed by atoms with Gasteiger partial charge in [0, 0.05) is 50.4 Å². The first-order valence-electron chi connectivity index (χ1n) is 11.8. The van der Waals surface area contributed by atoms with E-state index in [0.29, 0.717) is 32.9 Å². The summed E-state index contributed by atoms with van der Waals surface area (Å²) in [7, 11) is 1.54. The summed E-state index contributed by atoms with van der Waals surface area (Å²) in [5, 5.41) is 4.84. The Hall–Kier alpha value is -3.45. The Kier molecular flexibility index (Phi) is 6.46. The van der Waals surface area contributed by atoms with Crippen LogP contribution in [0.2, 0.25) is 0 Å². The number of halogens is 1. The molecule has 0 radical (unpaired) electrons. The normalized spacial score (nSPS) is 13.4. The molecule has 38 heavy (non-hydrogen) atoms. The van der Waals surface area contributed by atoms with Crippen LogP contribution in [0.5, 0.6) is 0 Å². The minimum Gasteiger partial charge on any atom is -0.361 e. The lowest BCUT2D eigenvalue weighted by molar-refractivity contribution is -0.871. The molecule has 12 heteroatoms. The van der Waals surface area contributed by atoms with E-state index in [2.05, 4.69) is 36.2 Å². The molecule has 0 saturated carbocycles. The number of quaternary nitrogens is 1. The lowest BCUT2D eigenvalue weighted by Gasteiger charge is -2.30. The van der Waals surface area contributed by atoms with Crippen LogP contribution in [0.25, 0.3) is 32.7 Å². The van der Waals surface area contributed by atoms with Gasteiger partial charge in [-0.25, -0.2) is 0 Å². The minimum absolute atomic E-state index is 0.0691. The third-order valence-corrected chi connectivity index (χ3v) is 7.60. The topological polar surface area (TPSA) is 148 Å². The molecule has 2 aromatic carbocycles. The molecule has 5 N–H and O–H groups in total. The van der Waals surface area contributed by atoms with Gasteiger partial charge < -0.3 is 24.8 Å². The third kappa shape index (κ3) is 4.99. The smallest absolute Gasteiger partial charge is 0.274 e. The monoisotopic (exact) mass is 600 g/mol. The van der Waals surface area contributed by atoms with E-state index >= 15 is 0 Å². The van der Waals surface area contributed by atoms with E-state index in [-0.39, 0.29) is 11.6 Å². The zero-order valence-electron chi connectivity index (χ0n) is 20.9. The van der Waals surface area contributed by atoms with Crippen molar-refractivity contribution in [1.29, 1.82) is 0 Å². The molecule has 3 aromatic heterocycles. The molecular formula is C26H27BrN5O5S+. The van der Waals surface area contributed by atoms with Gasteiger partial charge in [0.15, 0.2) is 5.75 Å². The van der Waals surface area contributed by atoms with Gasteiger partial charge in [-0.2, -0.15) is 8.42 Å². The van der Waals surface area contributed by atoms with Crippen LogP contribution in [0.1, 0.15) is 17.0 Å². The Balaban J connectivity index is 1.84. The Morgan fingerprint density at radius 1 is 1.05 bits per heavy atom. The molecule has 1 amide bonds. The molecule has 0 aliphatic heterocycles. The number of hydrogen-bond acceptors (Lipinski definition) is 4. The minimum atomic E-state index is -4.59. The average Bonchev–Trinajstić information content (AvgIpc) is 3.22. The van der Waals surface area contributed by atoms with Gasteiger partial charge in [0.1, 0.15) is 5.69 Å². The van der Waals surface area contributed by atoms with Crippen molar-refractivity contribution in [3.63, 3.8) is 0 Å². The number of nitrogens with zero attached hydrogens (tertiary/aromatic N) is 1. The van der Waals surface area contributed by atoms with Crippen LogP contribution in [0, 0.1) is 0 Å². The van der Waals surface area contributed by atoms with E-state index in [1.165, 1.54) is 0 Å². The zero-order chi connectivity index (χ0) is 27.4. The van der Waals surface area contributed by atoms with E-state index in [0.717, 1.165) is 26.5 Å². The third-order valence-electron chi connectivity index (χ3n) is 6.47. The summed E-state index contributed by atoms with van der Waals surface area (Å²) in [6, 6.07) is 9.59. The Morgan fingerprint density at radius 2 is 1.79 bits per heavy atom. The van der Waals surface area contributed by atoms with Crippen LogP contribution in [0.4, 0.5) is 5.69 Å². The highest BCUT2D eigenvalue weighted by Gasteiger charge is 2.31. The van der Waals surface area contributed by atoms with Gasteiger partial charge in [-0.3, -0.25) is 14.1 Å². The van der Waals surface area contributed by atoms with Crippen LogP contribution in [-0.2, 0) is 14.9 Å². The van der Waals surface area contributed by atoms with Crippen molar-refractivity contribution in [2.45, 2.75) is 5.92 Å². The largest absolute Gasteiger partial charge is 0.361 e. The maximum atomic E-state index is 14.3. The number of anilines is 1. The van der Waals surface area contributed by atoms with Crippen molar-refractivity contribution in [3.8, 4) is 0 Å². The molecule has 0 saturated heterocycles. The molecule has 3 heterocycles. The standard InChI is InChI=1S/C26H26BrN5O5S/c1-32(2,3)12-18(17-11-30-20-10-14(27)4-5-15(17)20)22-16-6-8-28-19-7-9-29-24(23(16)19)25(26(22)34)31-21(33)13-38(35,36)37/h4-11,18,30H,12-13H2,1-3H3,(H3-,28,29,31,33,34,35,36,37)/p+1. The molecule has 1 unspecified atom stereocenters. The van der Waals surface area contributed by atoms with Gasteiger partial charge >= 0.3 is 0 Å². The predicted molar refractivity (Wildman–Crippen MR) is 152 cm³/mol. The Labute approximate surface area is 226 Å². The van der Waals surface area contributed by atoms with Gasteiger partial charge in [-0.15, -0.1) is 0 Å². The fourth-order valence-electron chi connectivity index (χ4n) is 5.10. The predicted octanol–water partition coefficient (Wildman–Crippen LogP) is 3.92. The molecule has 5 rings (SSSR count). The number of amides is 1. The lowest BCUT2D eigenvalue weighted by Crippen LogP contribution is -2.40. The van der Waals surface area contributed by atoms with Crippen molar-refractivity contribution in [2.75, 3.05) is 38.8 Å². The average molecular weight is 602 g/mol. The van der Waals surface area contributed by atoms with Crippen molar-refractivity contribution < 1.29 is 22.2 Å². The quantitative estimate of drug-likeness (QED) is 0.142. The summed E-state index contributed by atoms with van der Waals surface area (Å²) < 4.78 is 33.4. The van der Waals surface area contributed by atoms with Crippen LogP contribution in [0.3, 0.4) is 0 Å². The van der Waals surface area contributed by atoms with E-state index in [1.54, 1.807) is 12.4 Å². The van der Waals surface area contributed by atoms with Crippen LogP contribution in [0.15, 0.2) is 58.2 Å². The Bertz CT molecular complexity index is 1880. The highest BCUT2D eigenvalue weighted by molar-refractivity contribution is 9.10. The first-order valence-corrected chi connectivity index (χ1v) is 14.2. The maximum absolute atomic E-state index is 14.3. The number of nitrogens with one attached hydrogen (secondary N) is 4. The van der Waals surface area contributed by atoms with Crippen LogP contribution >= 0.6 is 15.9 Å². The highest BCUT2D eigenvalue weighted by Crippen LogP contribution is 2.38. The number of hydrogen-bond donors (Lipinski definition) is 5. The van der Waals surface area contributed by atoms with E-state index in [1.807, 2.05) is 57.7 Å². The summed E-state index contributed by atoms with van der Waals surface area (Å²) in [5.74, 6) is -2.56. The van der Waals surface area contributed by atoms with Gasteiger partial charge in [0.2, 0.25) is 11.3 Å². The molecular weight excluding hydrogens is 574 g/mol. The SMILES string of the molecule is C[N+](C)(C)CC(c1c[nH]c2cc(Br)ccc12)c1c(=O)c(NC(=O)CS(=O)(=O)O)c2[nH]ccc3[nH]ccc1c32. The second-order valence-electron chi connectivity index (χ2n) is 10.4. The zero-order valence-corrected chi connectivity index (χ0v) is 23.3.